The molecule has 1 heterocycles. The molecule has 1 saturated heterocycles. The van der Waals surface area contributed by atoms with Gasteiger partial charge in [-0.3, -0.25) is 9.69 Å². The second kappa shape index (κ2) is 5.91. The smallest absolute Gasteiger partial charge is 0.221 e. The molecular formula is C13H16Cl2N2O. The van der Waals surface area contributed by atoms with Gasteiger partial charge in [-0.1, -0.05) is 29.3 Å². The lowest BCUT2D eigenvalue weighted by molar-refractivity contribution is -0.123. The van der Waals surface area contributed by atoms with Crippen molar-refractivity contribution < 1.29 is 4.79 Å². The summed E-state index contributed by atoms with van der Waals surface area (Å²) in [6.07, 6.45) is 1.90. The number of nitrogens with zero attached hydrogens (tertiary/aromatic N) is 1. The number of hydrogen-bond acceptors (Lipinski definition) is 2. The standard InChI is InChI=1S/C13H16Cl2N2O/c14-11-4-3-9(6-12(11)15)7-17-5-1-2-10(8-17)13(16)18/h3-4,6,10H,1-2,5,7-8H2,(H2,16,18)/t10-/m0/s1. The van der Waals surface area contributed by atoms with E-state index in [-0.39, 0.29) is 11.8 Å². The Kier molecular flexibility index (Phi) is 4.49. The molecule has 1 atom stereocenters. The van der Waals surface area contributed by atoms with Gasteiger partial charge in [-0.15, -0.1) is 0 Å². The Morgan fingerprint density at radius 2 is 2.17 bits per heavy atom. The molecule has 1 aliphatic heterocycles. The van der Waals surface area contributed by atoms with Crippen LogP contribution in [0.25, 0.3) is 0 Å². The normalized spacial score (nSPS) is 20.9. The largest absolute Gasteiger partial charge is 0.369 e. The van der Waals surface area contributed by atoms with Crippen molar-refractivity contribution in [1.82, 2.24) is 4.90 Å². The average molecular weight is 287 g/mol. The molecule has 98 valence electrons. The molecule has 0 aliphatic carbocycles. The first-order chi connectivity index (χ1) is 8.56. The molecule has 1 aromatic rings. The monoisotopic (exact) mass is 286 g/mol. The SMILES string of the molecule is NC(=O)[C@H]1CCCN(Cc2ccc(Cl)c(Cl)c2)C1. The first kappa shape index (κ1) is 13.7. The minimum absolute atomic E-state index is 0.0264. The van der Waals surface area contributed by atoms with E-state index >= 15 is 0 Å². The van der Waals surface area contributed by atoms with E-state index in [9.17, 15) is 4.79 Å². The van der Waals surface area contributed by atoms with Crippen molar-refractivity contribution in [2.45, 2.75) is 19.4 Å². The van der Waals surface area contributed by atoms with E-state index in [4.69, 9.17) is 28.9 Å². The van der Waals surface area contributed by atoms with E-state index < -0.39 is 0 Å². The first-order valence-electron chi connectivity index (χ1n) is 6.02. The number of benzene rings is 1. The summed E-state index contributed by atoms with van der Waals surface area (Å²) < 4.78 is 0. The van der Waals surface area contributed by atoms with Crippen LogP contribution in [-0.2, 0) is 11.3 Å². The quantitative estimate of drug-likeness (QED) is 0.929. The number of nitrogens with two attached hydrogens (primary N) is 1. The zero-order valence-corrected chi connectivity index (χ0v) is 11.5. The van der Waals surface area contributed by atoms with Crippen LogP contribution in [-0.4, -0.2) is 23.9 Å². The third-order valence-corrected chi connectivity index (χ3v) is 4.04. The summed E-state index contributed by atoms with van der Waals surface area (Å²) in [5, 5.41) is 1.13. The number of primary amides is 1. The summed E-state index contributed by atoms with van der Waals surface area (Å²) >= 11 is 11.9. The van der Waals surface area contributed by atoms with Gasteiger partial charge < -0.3 is 5.73 Å². The van der Waals surface area contributed by atoms with Gasteiger partial charge in [0.1, 0.15) is 0 Å². The molecule has 0 aromatic heterocycles. The lowest BCUT2D eigenvalue weighted by Gasteiger charge is -2.31. The van der Waals surface area contributed by atoms with Crippen LogP contribution in [0.3, 0.4) is 0 Å². The van der Waals surface area contributed by atoms with Gasteiger partial charge in [0.05, 0.1) is 16.0 Å². The third kappa shape index (κ3) is 3.37. The van der Waals surface area contributed by atoms with Crippen LogP contribution in [0.2, 0.25) is 10.0 Å². The van der Waals surface area contributed by atoms with Crippen LogP contribution in [0.4, 0.5) is 0 Å². The van der Waals surface area contributed by atoms with E-state index in [0.717, 1.165) is 38.0 Å². The van der Waals surface area contributed by atoms with E-state index in [0.29, 0.717) is 10.0 Å². The van der Waals surface area contributed by atoms with Crippen LogP contribution >= 0.6 is 23.2 Å². The summed E-state index contributed by atoms with van der Waals surface area (Å²) in [4.78, 5) is 13.4. The topological polar surface area (TPSA) is 46.3 Å². The minimum Gasteiger partial charge on any atom is -0.369 e. The van der Waals surface area contributed by atoms with Gasteiger partial charge in [0.15, 0.2) is 0 Å². The molecule has 3 nitrogen and oxygen atoms in total. The number of rotatable bonds is 3. The summed E-state index contributed by atoms with van der Waals surface area (Å²) in [7, 11) is 0. The highest BCUT2D eigenvalue weighted by Crippen LogP contribution is 2.24. The Bertz CT molecular complexity index is 451. The zero-order chi connectivity index (χ0) is 13.1. The van der Waals surface area contributed by atoms with E-state index in [1.165, 1.54) is 0 Å². The zero-order valence-electron chi connectivity index (χ0n) is 10.0. The summed E-state index contributed by atoms with van der Waals surface area (Å²) in [5.74, 6) is -0.227. The van der Waals surface area contributed by atoms with Crippen LogP contribution in [0.15, 0.2) is 18.2 Å². The molecule has 1 amide bonds. The maximum absolute atomic E-state index is 11.2. The Morgan fingerprint density at radius 1 is 1.39 bits per heavy atom. The number of likely N-dealkylation sites (tertiary alicyclic amines) is 1. The number of carbonyl (C=O) groups excluding carboxylic acids is 1. The highest BCUT2D eigenvalue weighted by molar-refractivity contribution is 6.42. The third-order valence-electron chi connectivity index (χ3n) is 3.30. The van der Waals surface area contributed by atoms with Crippen molar-refractivity contribution in [1.29, 1.82) is 0 Å². The lowest BCUT2D eigenvalue weighted by atomic mass is 9.97. The first-order valence-corrected chi connectivity index (χ1v) is 6.77. The molecule has 0 saturated carbocycles. The van der Waals surface area contributed by atoms with Gasteiger partial charge in [-0.05, 0) is 37.1 Å². The molecule has 0 spiro atoms. The Hall–Kier alpha value is -0.770. The second-order valence-corrected chi connectivity index (χ2v) is 5.54. The molecule has 0 bridgehead atoms. The van der Waals surface area contributed by atoms with Gasteiger partial charge in [-0.25, -0.2) is 0 Å². The number of piperidine rings is 1. The van der Waals surface area contributed by atoms with E-state index in [1.807, 2.05) is 12.1 Å². The van der Waals surface area contributed by atoms with E-state index in [1.54, 1.807) is 6.07 Å². The van der Waals surface area contributed by atoms with Gasteiger partial charge in [-0.2, -0.15) is 0 Å². The molecule has 2 N–H and O–H groups in total. The van der Waals surface area contributed by atoms with Crippen molar-refractivity contribution in [2.24, 2.45) is 11.7 Å². The van der Waals surface area contributed by atoms with E-state index in [2.05, 4.69) is 4.90 Å². The molecule has 5 heteroatoms. The Morgan fingerprint density at radius 3 is 2.83 bits per heavy atom. The summed E-state index contributed by atoms with van der Waals surface area (Å²) in [5.41, 5.74) is 6.47. The van der Waals surface area contributed by atoms with Crippen molar-refractivity contribution in [3.63, 3.8) is 0 Å². The van der Waals surface area contributed by atoms with Crippen molar-refractivity contribution in [3.05, 3.63) is 33.8 Å². The van der Waals surface area contributed by atoms with Gasteiger partial charge >= 0.3 is 0 Å². The highest BCUT2D eigenvalue weighted by Gasteiger charge is 2.23. The van der Waals surface area contributed by atoms with Crippen LogP contribution < -0.4 is 5.73 Å². The van der Waals surface area contributed by atoms with Crippen molar-refractivity contribution in [3.8, 4) is 0 Å². The molecule has 1 aromatic carbocycles. The lowest BCUT2D eigenvalue weighted by Crippen LogP contribution is -2.40. The van der Waals surface area contributed by atoms with Crippen LogP contribution in [0.5, 0.6) is 0 Å². The number of halogens is 2. The molecule has 0 unspecified atom stereocenters. The fourth-order valence-corrected chi connectivity index (χ4v) is 2.65. The van der Waals surface area contributed by atoms with Gasteiger partial charge in [0.25, 0.3) is 0 Å². The molecule has 1 aliphatic rings. The fourth-order valence-electron chi connectivity index (χ4n) is 2.33. The maximum atomic E-state index is 11.2. The van der Waals surface area contributed by atoms with Gasteiger partial charge in [0.2, 0.25) is 5.91 Å². The number of amides is 1. The summed E-state index contributed by atoms with van der Waals surface area (Å²) in [6, 6.07) is 5.63. The second-order valence-electron chi connectivity index (χ2n) is 4.73. The molecule has 2 rings (SSSR count). The van der Waals surface area contributed by atoms with Crippen LogP contribution in [0.1, 0.15) is 18.4 Å². The van der Waals surface area contributed by atoms with Crippen LogP contribution in [0, 0.1) is 5.92 Å². The maximum Gasteiger partial charge on any atom is 0.221 e. The number of hydrogen-bond donors (Lipinski definition) is 1. The van der Waals surface area contributed by atoms with Gasteiger partial charge in [0, 0.05) is 13.1 Å². The average Bonchev–Trinajstić information content (AvgIpc) is 2.34. The van der Waals surface area contributed by atoms with Crippen molar-refractivity contribution >= 4 is 29.1 Å². The minimum atomic E-state index is -0.200. The predicted octanol–water partition coefficient (Wildman–Crippen LogP) is 2.69. The van der Waals surface area contributed by atoms with Crippen molar-refractivity contribution in [2.75, 3.05) is 13.1 Å². The Labute approximate surface area is 117 Å². The summed E-state index contributed by atoms with van der Waals surface area (Å²) in [6.45, 7) is 2.50. The molecular weight excluding hydrogens is 271 g/mol. The molecule has 1 fully saturated rings. The molecule has 18 heavy (non-hydrogen) atoms. The molecule has 0 radical (unpaired) electrons. The highest BCUT2D eigenvalue weighted by atomic mass is 35.5. The predicted molar refractivity (Wildman–Crippen MR) is 73.7 cm³/mol. The fraction of sp³-hybridized carbons (Fsp3) is 0.462. The number of carbonyl (C=O) groups is 1. The Balaban J connectivity index is 2.00.